The molecule has 2 aliphatic rings. The monoisotopic (exact) mass is 1340 g/mol. The Hall–Kier alpha value is -5.65. The highest BCUT2D eigenvalue weighted by molar-refractivity contribution is 6.15. The first-order valence-electron chi connectivity index (χ1n) is 32.0. The van der Waals surface area contributed by atoms with E-state index in [9.17, 15) is 54.0 Å². The molecule has 4 rings (SSSR count). The van der Waals surface area contributed by atoms with E-state index >= 15 is 0 Å². The quantitative estimate of drug-likeness (QED) is 0.0341. The summed E-state index contributed by atoms with van der Waals surface area (Å²) < 4.78 is 78.0. The number of esters is 1. The van der Waals surface area contributed by atoms with E-state index in [4.69, 9.17) is 66.3 Å². The molecule has 0 saturated carbocycles. The molecule has 3 amide bonds. The molecular weight excluding hydrogens is 1240 g/mol. The van der Waals surface area contributed by atoms with Crippen molar-refractivity contribution in [1.29, 1.82) is 0 Å². The summed E-state index contributed by atoms with van der Waals surface area (Å²) in [5, 5.41) is 51.9. The van der Waals surface area contributed by atoms with Gasteiger partial charge >= 0.3 is 11.9 Å². The lowest BCUT2D eigenvalue weighted by atomic mass is 9.86. The van der Waals surface area contributed by atoms with E-state index in [1.807, 2.05) is 0 Å². The zero-order chi connectivity index (χ0) is 68.7. The molecule has 1 aromatic carbocycles. The van der Waals surface area contributed by atoms with Crippen molar-refractivity contribution in [2.75, 3.05) is 159 Å². The predicted molar refractivity (Wildman–Crippen MR) is 332 cm³/mol. The van der Waals surface area contributed by atoms with Crippen LogP contribution in [0.4, 0.5) is 0 Å². The van der Waals surface area contributed by atoms with Crippen molar-refractivity contribution in [3.63, 3.8) is 0 Å². The van der Waals surface area contributed by atoms with Gasteiger partial charge in [0.05, 0.1) is 182 Å². The molecule has 2 aliphatic heterocycles. The van der Waals surface area contributed by atoms with Gasteiger partial charge in [0.15, 0.2) is 17.7 Å². The molecule has 30 heteroatoms. The number of aliphatic hydroxyl groups excluding tert-OH is 3. The lowest BCUT2D eigenvalue weighted by molar-refractivity contribution is -0.228. The Bertz CT molecular complexity index is 2560. The van der Waals surface area contributed by atoms with Crippen molar-refractivity contribution in [1.82, 2.24) is 25.2 Å². The van der Waals surface area contributed by atoms with Gasteiger partial charge in [0.25, 0.3) is 11.8 Å². The van der Waals surface area contributed by atoms with Gasteiger partial charge in [0.2, 0.25) is 5.91 Å². The number of hydrogen-bond acceptors (Lipinski definition) is 26. The highest BCUT2D eigenvalue weighted by atomic mass is 16.6. The summed E-state index contributed by atoms with van der Waals surface area (Å²) in [6.45, 7) is 20.2. The van der Waals surface area contributed by atoms with Crippen molar-refractivity contribution in [2.24, 2.45) is 17.3 Å². The van der Waals surface area contributed by atoms with Gasteiger partial charge in [-0.3, -0.25) is 33.7 Å². The van der Waals surface area contributed by atoms with Crippen LogP contribution in [0.25, 0.3) is 0 Å². The fourth-order valence-corrected chi connectivity index (χ4v) is 9.36. The molecule has 1 aromatic heterocycles. The summed E-state index contributed by atoms with van der Waals surface area (Å²) in [4.78, 5) is 93.3. The minimum absolute atomic E-state index is 0.0305. The van der Waals surface area contributed by atoms with Crippen LogP contribution in [0.15, 0.2) is 36.5 Å². The second-order valence-corrected chi connectivity index (χ2v) is 23.6. The Morgan fingerprint density at radius 3 is 1.54 bits per heavy atom. The largest absolute Gasteiger partial charge is 0.479 e. The standard InChI is InChI=1S/C64H101N5O25/c1-44(2)50(61(77)65-45(3)52(70)39-46-8-9-48(43-93-63(80)64(4,5)6)47(38-46)10-11-54-57(74)58(75)59(76)60(94-54)62(78)79)41-53(71)51(69-55(72)12-13-56(69)73)40-49-42-68(67-66-49)14-15-82-18-19-84-22-23-86-26-27-88-30-31-90-34-35-92-37-36-91-33-32-89-29-28-87-25-24-85-21-20-83-17-16-81-7/h8-9,12-13,38,42,44-45,50-51,54,57-60,74-76H,10-11,14-37,39-41,43H2,1-7H3,(H,65,77)(H,78,79)/t45-,50-,51?,54-,57-,58+,59-,60-/m0/s1. The van der Waals surface area contributed by atoms with Crippen LogP contribution in [0.1, 0.15) is 76.8 Å². The molecule has 0 radical (unpaired) electrons. The van der Waals surface area contributed by atoms with Gasteiger partial charge in [0, 0.05) is 50.6 Å². The molecule has 94 heavy (non-hydrogen) atoms. The summed E-state index contributed by atoms with van der Waals surface area (Å²) in [7, 11) is 1.63. The highest BCUT2D eigenvalue weighted by Gasteiger charge is 2.47. The summed E-state index contributed by atoms with van der Waals surface area (Å²) in [5.74, 6) is -6.43. The summed E-state index contributed by atoms with van der Waals surface area (Å²) in [6, 6.07) is 2.61. The fourth-order valence-electron chi connectivity index (χ4n) is 9.36. The second-order valence-electron chi connectivity index (χ2n) is 23.6. The molecule has 5 N–H and O–H groups in total. The normalized spacial score (nSPS) is 18.5. The Balaban J connectivity index is 1.09. The molecule has 532 valence electrons. The van der Waals surface area contributed by atoms with Crippen LogP contribution in [-0.4, -0.2) is 283 Å². The van der Waals surface area contributed by atoms with E-state index in [1.54, 1.807) is 66.1 Å². The van der Waals surface area contributed by atoms with Crippen LogP contribution >= 0.6 is 0 Å². The first-order valence-corrected chi connectivity index (χ1v) is 32.0. The third-order valence-electron chi connectivity index (χ3n) is 14.8. The molecule has 8 atom stereocenters. The number of aliphatic hydroxyl groups is 3. The van der Waals surface area contributed by atoms with Crippen molar-refractivity contribution in [3.8, 4) is 0 Å². The van der Waals surface area contributed by atoms with E-state index in [1.165, 1.54) is 11.6 Å². The summed E-state index contributed by atoms with van der Waals surface area (Å²) >= 11 is 0. The Labute approximate surface area is 549 Å². The molecule has 1 saturated heterocycles. The van der Waals surface area contributed by atoms with Crippen LogP contribution in [0.5, 0.6) is 0 Å². The molecule has 30 nitrogen and oxygen atoms in total. The topological polar surface area (TPSA) is 376 Å². The fraction of sp³-hybridized carbons (Fsp3) is 0.734. The number of carboxylic acid groups (broad SMARTS) is 1. The number of carboxylic acids is 1. The first kappa shape index (κ1) is 80.8. The average Bonchev–Trinajstić information content (AvgIpc) is 1.31. The number of Topliss-reactive ketones (excluding diaryl/α,β-unsaturated/α-hetero) is 2. The van der Waals surface area contributed by atoms with Crippen LogP contribution < -0.4 is 5.32 Å². The van der Waals surface area contributed by atoms with Crippen molar-refractivity contribution < 1.29 is 120 Å². The predicted octanol–water partition coefficient (Wildman–Crippen LogP) is 0.448. The number of benzene rings is 1. The number of carbonyl (C=O) groups excluding carboxylic acids is 6. The molecule has 0 bridgehead atoms. The lowest BCUT2D eigenvalue weighted by Crippen LogP contribution is -2.59. The zero-order valence-corrected chi connectivity index (χ0v) is 55.5. The van der Waals surface area contributed by atoms with Gasteiger partial charge in [-0.25, -0.2) is 9.48 Å². The summed E-state index contributed by atoms with van der Waals surface area (Å²) in [5.41, 5.74) is 1.09. The SMILES string of the molecule is COCCOCCOCCOCCOCCOCCOCCOCCOCCOCCOCCOCCn1cc(CC(C(=O)C[C@H](C(=O)N[C@@H](C)C(=O)Cc2ccc(COC(=O)C(C)(C)C)c(CC[C@@H]3O[C@H](C(=O)O)[C@@H](O)[C@H](O)[C@H]3O)c2)C(C)C)N2C(=O)C=CC2=O)nn1. The van der Waals surface area contributed by atoms with Crippen LogP contribution in [-0.2, 0) is 132 Å². The van der Waals surface area contributed by atoms with E-state index in [0.717, 1.165) is 17.1 Å². The smallest absolute Gasteiger partial charge is 0.335 e. The van der Waals surface area contributed by atoms with Gasteiger partial charge in [-0.2, -0.15) is 0 Å². The number of aromatic nitrogens is 3. The number of ketones is 2. The van der Waals surface area contributed by atoms with Gasteiger partial charge in [-0.15, -0.1) is 5.10 Å². The number of aliphatic carboxylic acids is 1. The molecule has 3 heterocycles. The number of amides is 3. The maximum absolute atomic E-state index is 14.2. The Morgan fingerprint density at radius 2 is 1.10 bits per heavy atom. The van der Waals surface area contributed by atoms with E-state index < -0.39 is 101 Å². The minimum Gasteiger partial charge on any atom is -0.479 e. The van der Waals surface area contributed by atoms with Crippen LogP contribution in [0, 0.1) is 17.3 Å². The van der Waals surface area contributed by atoms with Gasteiger partial charge < -0.3 is 92.1 Å². The van der Waals surface area contributed by atoms with Gasteiger partial charge in [0.1, 0.15) is 31.0 Å². The van der Waals surface area contributed by atoms with E-state index in [0.29, 0.717) is 168 Å². The Kier molecular flexibility index (Phi) is 39.3. The number of hydrogen-bond donors (Lipinski definition) is 5. The van der Waals surface area contributed by atoms with E-state index in [2.05, 4.69) is 15.6 Å². The second kappa shape index (κ2) is 45.7. The first-order chi connectivity index (χ1) is 45.1. The molecular formula is C64H101N5O25. The average molecular weight is 1340 g/mol. The Morgan fingerprint density at radius 1 is 0.628 bits per heavy atom. The van der Waals surface area contributed by atoms with Gasteiger partial charge in [-0.05, 0) is 63.1 Å². The number of methoxy groups -OCH3 is 1. The number of carbonyl (C=O) groups is 7. The van der Waals surface area contributed by atoms with Gasteiger partial charge in [-0.1, -0.05) is 37.3 Å². The molecule has 1 unspecified atom stereocenters. The van der Waals surface area contributed by atoms with E-state index in [-0.39, 0.29) is 51.9 Å². The maximum atomic E-state index is 14.2. The molecule has 0 aliphatic carbocycles. The van der Waals surface area contributed by atoms with Crippen molar-refractivity contribution in [2.45, 2.75) is 129 Å². The lowest BCUT2D eigenvalue weighted by Gasteiger charge is -2.39. The number of imide groups is 1. The maximum Gasteiger partial charge on any atom is 0.335 e. The molecule has 0 spiro atoms. The molecule has 2 aromatic rings. The van der Waals surface area contributed by atoms with Crippen LogP contribution in [0.3, 0.4) is 0 Å². The third kappa shape index (κ3) is 31.0. The highest BCUT2D eigenvalue weighted by Crippen LogP contribution is 2.28. The minimum atomic E-state index is -1.87. The van der Waals surface area contributed by atoms with Crippen molar-refractivity contribution >= 4 is 41.2 Å². The number of ether oxygens (including phenoxy) is 14. The number of nitrogens with one attached hydrogen (secondary N) is 1. The number of aryl methyl sites for hydroxylation is 1. The zero-order valence-electron chi connectivity index (χ0n) is 55.5. The van der Waals surface area contributed by atoms with Crippen molar-refractivity contribution in [3.05, 3.63) is 58.9 Å². The summed E-state index contributed by atoms with van der Waals surface area (Å²) in [6.07, 6.45) is -5.27. The van der Waals surface area contributed by atoms with Crippen LogP contribution in [0.2, 0.25) is 0 Å². The number of nitrogens with zero attached hydrogens (tertiary/aromatic N) is 4. The number of rotatable bonds is 54. The molecule has 1 fully saturated rings. The third-order valence-corrected chi connectivity index (χ3v) is 14.8.